The van der Waals surface area contributed by atoms with E-state index in [1.165, 1.54) is 29.3 Å². The highest BCUT2D eigenvalue weighted by Gasteiger charge is 2.35. The van der Waals surface area contributed by atoms with E-state index in [9.17, 15) is 18.8 Å². The number of anilines is 1. The summed E-state index contributed by atoms with van der Waals surface area (Å²) in [6.45, 7) is 2.03. The molecule has 24 heavy (non-hydrogen) atoms. The molecule has 4 N–H and O–H groups in total. The summed E-state index contributed by atoms with van der Waals surface area (Å²) in [6.07, 6.45) is 0.00788. The zero-order valence-electron chi connectivity index (χ0n) is 13.1. The number of carbonyl (C=O) groups is 3. The molecule has 0 spiro atoms. The zero-order chi connectivity index (χ0) is 17.7. The van der Waals surface area contributed by atoms with Crippen LogP contribution < -0.4 is 21.4 Å². The molecule has 0 saturated heterocycles. The third kappa shape index (κ3) is 4.06. The van der Waals surface area contributed by atoms with E-state index in [0.717, 1.165) is 0 Å². The number of nitrogens with two attached hydrogens (primary N) is 1. The fraction of sp³-hybridized carbons (Fsp3) is 0.333. The first-order valence-corrected chi connectivity index (χ1v) is 7.39. The first kappa shape index (κ1) is 17.4. The van der Waals surface area contributed by atoms with Crippen LogP contribution in [0, 0.1) is 5.82 Å². The second-order valence-electron chi connectivity index (χ2n) is 5.13. The standard InChI is InChI=1S/C15H18FN5O3/c1-2-18-13(22)8-19-15(24)11-7-12(14(17)23)21(20-11)10-5-3-9(16)4-6-10/h3-6,12H,2,7-8H2,1H3,(H2,17,23)(H,18,22)(H,19,24). The van der Waals surface area contributed by atoms with Crippen molar-refractivity contribution in [3.63, 3.8) is 0 Å². The van der Waals surface area contributed by atoms with Gasteiger partial charge in [0.2, 0.25) is 11.8 Å². The summed E-state index contributed by atoms with van der Waals surface area (Å²) in [5, 5.41) is 10.4. The SMILES string of the molecule is CCNC(=O)CNC(=O)C1=NN(c2ccc(F)cc2)C(C(N)=O)C1. The van der Waals surface area contributed by atoms with Crippen molar-refractivity contribution in [2.45, 2.75) is 19.4 Å². The molecule has 0 fully saturated rings. The molecule has 1 heterocycles. The van der Waals surface area contributed by atoms with Gasteiger partial charge in [-0.25, -0.2) is 4.39 Å². The summed E-state index contributed by atoms with van der Waals surface area (Å²) < 4.78 is 13.0. The molecule has 0 radical (unpaired) electrons. The van der Waals surface area contributed by atoms with Gasteiger partial charge in [0, 0.05) is 13.0 Å². The topological polar surface area (TPSA) is 117 Å². The Balaban J connectivity index is 2.12. The number of hydrazone groups is 1. The molecule has 3 amide bonds. The monoisotopic (exact) mass is 335 g/mol. The molecule has 1 aromatic rings. The summed E-state index contributed by atoms with van der Waals surface area (Å²) in [4.78, 5) is 35.1. The smallest absolute Gasteiger partial charge is 0.268 e. The number of likely N-dealkylation sites (N-methyl/N-ethyl adjacent to an activating group) is 1. The number of nitrogens with zero attached hydrogens (tertiary/aromatic N) is 2. The summed E-state index contributed by atoms with van der Waals surface area (Å²) in [5.74, 6) is -1.98. The van der Waals surface area contributed by atoms with E-state index in [0.29, 0.717) is 12.2 Å². The molecular formula is C15H18FN5O3. The maximum absolute atomic E-state index is 13.0. The molecule has 0 bridgehead atoms. The average molecular weight is 335 g/mol. The molecule has 1 aliphatic rings. The molecule has 0 aromatic heterocycles. The van der Waals surface area contributed by atoms with E-state index in [-0.39, 0.29) is 24.6 Å². The fourth-order valence-corrected chi connectivity index (χ4v) is 2.22. The van der Waals surface area contributed by atoms with E-state index in [1.54, 1.807) is 6.92 Å². The van der Waals surface area contributed by atoms with Gasteiger partial charge in [0.1, 0.15) is 17.6 Å². The second-order valence-corrected chi connectivity index (χ2v) is 5.13. The van der Waals surface area contributed by atoms with Crippen molar-refractivity contribution in [1.29, 1.82) is 0 Å². The third-order valence-electron chi connectivity index (χ3n) is 3.38. The van der Waals surface area contributed by atoms with Crippen LogP contribution in [0.2, 0.25) is 0 Å². The van der Waals surface area contributed by atoms with Crippen LogP contribution in [0.3, 0.4) is 0 Å². The van der Waals surface area contributed by atoms with E-state index in [1.807, 2.05) is 0 Å². The Bertz CT molecular complexity index is 674. The maximum atomic E-state index is 13.0. The number of carbonyl (C=O) groups excluding carboxylic acids is 3. The third-order valence-corrected chi connectivity index (χ3v) is 3.38. The molecule has 0 saturated carbocycles. The van der Waals surface area contributed by atoms with Gasteiger partial charge >= 0.3 is 0 Å². The van der Waals surface area contributed by atoms with Gasteiger partial charge in [-0.2, -0.15) is 5.10 Å². The van der Waals surface area contributed by atoms with E-state index in [2.05, 4.69) is 15.7 Å². The normalized spacial score (nSPS) is 16.5. The predicted molar refractivity (Wildman–Crippen MR) is 85.6 cm³/mol. The number of nitrogens with one attached hydrogen (secondary N) is 2. The number of primary amides is 1. The van der Waals surface area contributed by atoms with Crippen LogP contribution in [0.4, 0.5) is 10.1 Å². The van der Waals surface area contributed by atoms with Gasteiger partial charge < -0.3 is 16.4 Å². The first-order chi connectivity index (χ1) is 11.4. The lowest BCUT2D eigenvalue weighted by Gasteiger charge is -2.20. The van der Waals surface area contributed by atoms with E-state index >= 15 is 0 Å². The van der Waals surface area contributed by atoms with Crippen LogP contribution in [0.15, 0.2) is 29.4 Å². The molecule has 128 valence electrons. The maximum Gasteiger partial charge on any atom is 0.268 e. The van der Waals surface area contributed by atoms with Gasteiger partial charge in [0.05, 0.1) is 12.2 Å². The van der Waals surface area contributed by atoms with Gasteiger partial charge in [0.25, 0.3) is 5.91 Å². The molecule has 1 unspecified atom stereocenters. The van der Waals surface area contributed by atoms with Crippen molar-refractivity contribution < 1.29 is 18.8 Å². The number of amides is 3. The Kier molecular flexibility index (Phi) is 5.46. The molecule has 1 atom stereocenters. The van der Waals surface area contributed by atoms with Crippen molar-refractivity contribution >= 4 is 29.1 Å². The Morgan fingerprint density at radius 2 is 1.96 bits per heavy atom. The molecule has 1 aliphatic heterocycles. The van der Waals surface area contributed by atoms with Crippen LogP contribution in [0.25, 0.3) is 0 Å². The van der Waals surface area contributed by atoms with Crippen molar-refractivity contribution in [3.05, 3.63) is 30.1 Å². The lowest BCUT2D eigenvalue weighted by atomic mass is 10.1. The van der Waals surface area contributed by atoms with E-state index < -0.39 is 23.7 Å². The summed E-state index contributed by atoms with van der Waals surface area (Å²) in [7, 11) is 0. The molecule has 9 heteroatoms. The molecular weight excluding hydrogens is 317 g/mol. The number of benzene rings is 1. The van der Waals surface area contributed by atoms with Gasteiger partial charge in [-0.15, -0.1) is 0 Å². The summed E-state index contributed by atoms with van der Waals surface area (Å²) >= 11 is 0. The quantitative estimate of drug-likeness (QED) is 0.649. The van der Waals surface area contributed by atoms with Crippen LogP contribution >= 0.6 is 0 Å². The van der Waals surface area contributed by atoms with Gasteiger partial charge in [-0.1, -0.05) is 0 Å². The van der Waals surface area contributed by atoms with Crippen molar-refractivity contribution in [2.75, 3.05) is 18.1 Å². The molecule has 1 aromatic carbocycles. The molecule has 8 nitrogen and oxygen atoms in total. The average Bonchev–Trinajstić information content (AvgIpc) is 2.99. The number of halogens is 1. The predicted octanol–water partition coefficient (Wildman–Crippen LogP) is -0.502. The van der Waals surface area contributed by atoms with Gasteiger partial charge in [0.15, 0.2) is 0 Å². The van der Waals surface area contributed by atoms with Crippen LogP contribution in [0.1, 0.15) is 13.3 Å². The van der Waals surface area contributed by atoms with Gasteiger partial charge in [-0.05, 0) is 31.2 Å². The minimum Gasteiger partial charge on any atom is -0.368 e. The van der Waals surface area contributed by atoms with Gasteiger partial charge in [-0.3, -0.25) is 19.4 Å². The van der Waals surface area contributed by atoms with Crippen LogP contribution in [-0.4, -0.2) is 42.6 Å². The number of hydrogen-bond donors (Lipinski definition) is 3. The van der Waals surface area contributed by atoms with E-state index in [4.69, 9.17) is 5.73 Å². The first-order valence-electron chi connectivity index (χ1n) is 7.39. The van der Waals surface area contributed by atoms with Crippen molar-refractivity contribution in [2.24, 2.45) is 10.8 Å². The van der Waals surface area contributed by atoms with Crippen LogP contribution in [-0.2, 0) is 14.4 Å². The minimum absolute atomic E-state index is 0.00788. The van der Waals surface area contributed by atoms with Crippen LogP contribution in [0.5, 0.6) is 0 Å². The molecule has 0 aliphatic carbocycles. The summed E-state index contributed by atoms with van der Waals surface area (Å²) in [5.41, 5.74) is 5.87. The Labute approximate surface area is 137 Å². The number of hydrogen-bond acceptors (Lipinski definition) is 5. The lowest BCUT2D eigenvalue weighted by Crippen LogP contribution is -2.41. The highest BCUT2D eigenvalue weighted by Crippen LogP contribution is 2.24. The zero-order valence-corrected chi connectivity index (χ0v) is 13.1. The van der Waals surface area contributed by atoms with Crippen molar-refractivity contribution in [3.8, 4) is 0 Å². The Morgan fingerprint density at radius 3 is 2.54 bits per heavy atom. The number of rotatable bonds is 6. The summed E-state index contributed by atoms with van der Waals surface area (Å²) in [6, 6.07) is 4.46. The lowest BCUT2D eigenvalue weighted by molar-refractivity contribution is -0.123. The fourth-order valence-electron chi connectivity index (χ4n) is 2.22. The minimum atomic E-state index is -0.847. The Hall–Kier alpha value is -2.97. The Morgan fingerprint density at radius 1 is 1.29 bits per heavy atom. The second kappa shape index (κ2) is 7.53. The highest BCUT2D eigenvalue weighted by molar-refractivity contribution is 6.40. The largest absolute Gasteiger partial charge is 0.368 e. The molecule has 2 rings (SSSR count). The highest BCUT2D eigenvalue weighted by atomic mass is 19.1. The van der Waals surface area contributed by atoms with Crippen molar-refractivity contribution in [1.82, 2.24) is 10.6 Å².